The van der Waals surface area contributed by atoms with E-state index in [1.54, 1.807) is 6.92 Å². The second kappa shape index (κ2) is 5.12. The van der Waals surface area contributed by atoms with E-state index in [0.717, 1.165) is 11.6 Å². The Morgan fingerprint density at radius 2 is 1.67 bits per heavy atom. The van der Waals surface area contributed by atoms with Crippen molar-refractivity contribution in [2.75, 3.05) is 5.32 Å². The minimum absolute atomic E-state index is 0.177. The number of halogens is 3. The van der Waals surface area contributed by atoms with E-state index in [1.165, 1.54) is 0 Å². The van der Waals surface area contributed by atoms with Gasteiger partial charge in [0.05, 0.1) is 5.69 Å². The van der Waals surface area contributed by atoms with Gasteiger partial charge in [0.15, 0.2) is 11.6 Å². The lowest BCUT2D eigenvalue weighted by Crippen LogP contribution is -2.09. The first kappa shape index (κ1) is 12.5. The van der Waals surface area contributed by atoms with Gasteiger partial charge in [-0.2, -0.15) is 0 Å². The maximum atomic E-state index is 13.5. The van der Waals surface area contributed by atoms with Crippen LogP contribution in [0.2, 0.25) is 0 Å². The van der Waals surface area contributed by atoms with Crippen LogP contribution in [-0.4, -0.2) is 0 Å². The van der Waals surface area contributed by atoms with Crippen molar-refractivity contribution in [2.45, 2.75) is 13.0 Å². The van der Waals surface area contributed by atoms with Gasteiger partial charge in [0.2, 0.25) is 0 Å². The SMILES string of the molecule is CC(Nc1cc(F)cc(F)c1F)c1ccccc1. The van der Waals surface area contributed by atoms with Crippen LogP contribution in [0.4, 0.5) is 18.9 Å². The predicted octanol–water partition coefficient (Wildman–Crippen LogP) is 4.28. The fourth-order valence-electron chi connectivity index (χ4n) is 1.72. The maximum Gasteiger partial charge on any atom is 0.182 e. The van der Waals surface area contributed by atoms with Gasteiger partial charge in [-0.15, -0.1) is 0 Å². The first-order valence-electron chi connectivity index (χ1n) is 5.54. The minimum atomic E-state index is -1.20. The topological polar surface area (TPSA) is 12.0 Å². The summed E-state index contributed by atoms with van der Waals surface area (Å²) in [6.07, 6.45) is 0. The van der Waals surface area contributed by atoms with Gasteiger partial charge in [-0.1, -0.05) is 30.3 Å². The summed E-state index contributed by atoms with van der Waals surface area (Å²) in [7, 11) is 0. The van der Waals surface area contributed by atoms with Crippen LogP contribution >= 0.6 is 0 Å². The molecule has 2 rings (SSSR count). The van der Waals surface area contributed by atoms with E-state index in [2.05, 4.69) is 5.32 Å². The van der Waals surface area contributed by atoms with Gasteiger partial charge in [-0.25, -0.2) is 13.2 Å². The van der Waals surface area contributed by atoms with Crippen molar-refractivity contribution in [2.24, 2.45) is 0 Å². The zero-order chi connectivity index (χ0) is 13.1. The van der Waals surface area contributed by atoms with Crippen molar-refractivity contribution in [3.63, 3.8) is 0 Å². The molecule has 0 aliphatic heterocycles. The average Bonchev–Trinajstić information content (AvgIpc) is 2.36. The van der Waals surface area contributed by atoms with E-state index in [-0.39, 0.29) is 11.7 Å². The van der Waals surface area contributed by atoms with Gasteiger partial charge in [0.25, 0.3) is 0 Å². The second-order valence-electron chi connectivity index (χ2n) is 4.03. The summed E-state index contributed by atoms with van der Waals surface area (Å²) in [6, 6.07) is 10.5. The molecule has 0 fully saturated rings. The molecule has 1 N–H and O–H groups in total. The van der Waals surface area contributed by atoms with Gasteiger partial charge < -0.3 is 5.32 Å². The number of nitrogens with one attached hydrogen (secondary N) is 1. The highest BCUT2D eigenvalue weighted by Crippen LogP contribution is 2.24. The highest BCUT2D eigenvalue weighted by atomic mass is 19.2. The van der Waals surface area contributed by atoms with Crippen molar-refractivity contribution in [1.29, 1.82) is 0 Å². The smallest absolute Gasteiger partial charge is 0.182 e. The monoisotopic (exact) mass is 251 g/mol. The molecule has 0 aliphatic rings. The minimum Gasteiger partial charge on any atom is -0.376 e. The number of rotatable bonds is 3. The molecule has 0 amide bonds. The number of hydrogen-bond acceptors (Lipinski definition) is 1. The van der Waals surface area contributed by atoms with Crippen LogP contribution in [-0.2, 0) is 0 Å². The van der Waals surface area contributed by atoms with E-state index in [9.17, 15) is 13.2 Å². The second-order valence-corrected chi connectivity index (χ2v) is 4.03. The first-order valence-corrected chi connectivity index (χ1v) is 5.54. The molecule has 2 aromatic rings. The molecular formula is C14H12F3N. The lowest BCUT2D eigenvalue weighted by molar-refractivity contribution is 0.496. The van der Waals surface area contributed by atoms with Crippen molar-refractivity contribution < 1.29 is 13.2 Å². The Labute approximate surface area is 103 Å². The van der Waals surface area contributed by atoms with Crippen LogP contribution in [0.3, 0.4) is 0 Å². The quantitative estimate of drug-likeness (QED) is 0.803. The molecule has 2 aromatic carbocycles. The number of anilines is 1. The molecule has 1 unspecified atom stereocenters. The summed E-state index contributed by atoms with van der Waals surface area (Å²) in [5.41, 5.74) is 0.727. The summed E-state index contributed by atoms with van der Waals surface area (Å²) in [5.74, 6) is -3.08. The molecule has 1 nitrogen and oxygen atoms in total. The molecule has 0 spiro atoms. The Hall–Kier alpha value is -1.97. The Balaban J connectivity index is 2.24. The summed E-state index contributed by atoms with van der Waals surface area (Å²) in [5, 5.41) is 2.75. The van der Waals surface area contributed by atoms with E-state index >= 15 is 0 Å². The standard InChI is InChI=1S/C14H12F3N/c1-9(10-5-3-2-4-6-10)18-13-8-11(15)7-12(16)14(13)17/h2-9,18H,1H3. The first-order chi connectivity index (χ1) is 8.58. The van der Waals surface area contributed by atoms with Gasteiger partial charge >= 0.3 is 0 Å². The normalized spacial score (nSPS) is 12.2. The van der Waals surface area contributed by atoms with Crippen molar-refractivity contribution >= 4 is 5.69 Å². The van der Waals surface area contributed by atoms with Gasteiger partial charge in [0.1, 0.15) is 5.82 Å². The van der Waals surface area contributed by atoms with Crippen LogP contribution in [0.1, 0.15) is 18.5 Å². The van der Waals surface area contributed by atoms with Gasteiger partial charge in [-0.05, 0) is 12.5 Å². The zero-order valence-corrected chi connectivity index (χ0v) is 9.75. The predicted molar refractivity (Wildman–Crippen MR) is 64.8 cm³/mol. The molecule has 18 heavy (non-hydrogen) atoms. The van der Waals surface area contributed by atoms with Crippen molar-refractivity contribution in [1.82, 2.24) is 0 Å². The van der Waals surface area contributed by atoms with Crippen LogP contribution in [0.15, 0.2) is 42.5 Å². The molecule has 0 bridgehead atoms. The van der Waals surface area contributed by atoms with E-state index in [1.807, 2.05) is 30.3 Å². The van der Waals surface area contributed by atoms with E-state index < -0.39 is 17.5 Å². The molecule has 94 valence electrons. The third kappa shape index (κ3) is 2.64. The summed E-state index contributed by atoms with van der Waals surface area (Å²) >= 11 is 0. The number of benzene rings is 2. The molecule has 0 heterocycles. The zero-order valence-electron chi connectivity index (χ0n) is 9.75. The maximum absolute atomic E-state index is 13.5. The van der Waals surface area contributed by atoms with Crippen LogP contribution in [0.25, 0.3) is 0 Å². The molecule has 0 radical (unpaired) electrons. The molecule has 4 heteroatoms. The lowest BCUT2D eigenvalue weighted by atomic mass is 10.1. The van der Waals surface area contributed by atoms with Crippen LogP contribution in [0, 0.1) is 17.5 Å². The fourth-order valence-corrected chi connectivity index (χ4v) is 1.72. The Morgan fingerprint density at radius 1 is 1.00 bits per heavy atom. The molecule has 1 atom stereocenters. The van der Waals surface area contributed by atoms with Crippen molar-refractivity contribution in [3.8, 4) is 0 Å². The van der Waals surface area contributed by atoms with Gasteiger partial charge in [-0.3, -0.25) is 0 Å². The van der Waals surface area contributed by atoms with Crippen LogP contribution < -0.4 is 5.32 Å². The summed E-state index contributed by atoms with van der Waals surface area (Å²) in [6.45, 7) is 1.79. The summed E-state index contributed by atoms with van der Waals surface area (Å²) in [4.78, 5) is 0. The highest BCUT2D eigenvalue weighted by Gasteiger charge is 2.13. The van der Waals surface area contributed by atoms with Crippen molar-refractivity contribution in [3.05, 3.63) is 65.5 Å². The Kier molecular flexibility index (Phi) is 3.55. The molecular weight excluding hydrogens is 239 g/mol. The lowest BCUT2D eigenvalue weighted by Gasteiger charge is -2.16. The van der Waals surface area contributed by atoms with Gasteiger partial charge in [0, 0.05) is 18.2 Å². The highest BCUT2D eigenvalue weighted by molar-refractivity contribution is 5.47. The molecule has 0 saturated carbocycles. The Morgan fingerprint density at radius 3 is 2.33 bits per heavy atom. The third-order valence-electron chi connectivity index (χ3n) is 2.66. The number of hydrogen-bond donors (Lipinski definition) is 1. The Bertz CT molecular complexity index is 540. The summed E-state index contributed by atoms with van der Waals surface area (Å²) < 4.78 is 39.5. The molecule has 0 aliphatic carbocycles. The molecule has 0 saturated heterocycles. The average molecular weight is 251 g/mol. The molecule has 0 aromatic heterocycles. The fraction of sp³-hybridized carbons (Fsp3) is 0.143. The van der Waals surface area contributed by atoms with E-state index in [0.29, 0.717) is 6.07 Å². The van der Waals surface area contributed by atoms with E-state index in [4.69, 9.17) is 0 Å². The third-order valence-corrected chi connectivity index (χ3v) is 2.66. The largest absolute Gasteiger partial charge is 0.376 e. The van der Waals surface area contributed by atoms with Crippen LogP contribution in [0.5, 0.6) is 0 Å².